The van der Waals surface area contributed by atoms with Crippen molar-refractivity contribution in [3.8, 4) is 0 Å². The first-order chi connectivity index (χ1) is 7.55. The molecule has 0 spiro atoms. The molecular weight excluding hydrogens is 265 g/mol. The molecule has 96 valence electrons. The van der Waals surface area contributed by atoms with Gasteiger partial charge in [-0.1, -0.05) is 0 Å². The van der Waals surface area contributed by atoms with Crippen LogP contribution in [0.5, 0.6) is 0 Å². The molecule has 1 aromatic heterocycles. The van der Waals surface area contributed by atoms with E-state index in [1.165, 1.54) is 24.5 Å². The van der Waals surface area contributed by atoms with Crippen LogP contribution in [-0.4, -0.2) is 30.7 Å². The van der Waals surface area contributed by atoms with Crippen molar-refractivity contribution in [1.29, 1.82) is 0 Å². The van der Waals surface area contributed by atoms with Gasteiger partial charge < -0.3 is 5.11 Å². The summed E-state index contributed by atoms with van der Waals surface area (Å²) in [4.78, 5) is 12.5. The normalized spacial score (nSPS) is 11.3. The molecule has 3 N–H and O–H groups in total. The second-order valence-corrected chi connectivity index (χ2v) is 4.10. The lowest BCUT2D eigenvalue weighted by Gasteiger charge is -1.93. The van der Waals surface area contributed by atoms with Gasteiger partial charge in [0, 0.05) is 12.4 Å². The largest absolute Gasteiger partial charge is 0.490 e. The van der Waals surface area contributed by atoms with Gasteiger partial charge in [0.05, 0.1) is 0 Å². The third-order valence-corrected chi connectivity index (χ3v) is 2.10. The predicted octanol–water partition coefficient (Wildman–Crippen LogP) is 0.362. The molecule has 0 atom stereocenters. The smallest absolute Gasteiger partial charge is 0.475 e. The fraction of sp³-hybridized carbons (Fsp3) is 0.143. The summed E-state index contributed by atoms with van der Waals surface area (Å²) in [7, 11) is -3.57. The molecule has 1 aromatic rings. The van der Waals surface area contributed by atoms with Gasteiger partial charge >= 0.3 is 12.1 Å². The summed E-state index contributed by atoms with van der Waals surface area (Å²) in [5, 5.41) is 11.9. The minimum Gasteiger partial charge on any atom is -0.475 e. The minimum atomic E-state index is -5.08. The molecule has 0 aliphatic rings. The molecule has 0 saturated heterocycles. The third-order valence-electron chi connectivity index (χ3n) is 1.21. The molecule has 1 heterocycles. The number of nitrogens with zero attached hydrogens (tertiary/aromatic N) is 1. The molecule has 1 rings (SSSR count). The van der Waals surface area contributed by atoms with Crippen LogP contribution in [0.1, 0.15) is 0 Å². The number of halogens is 3. The molecule has 0 radical (unpaired) electrons. The Balaban J connectivity index is 0.000000325. The van der Waals surface area contributed by atoms with Crippen LogP contribution in [-0.2, 0) is 14.8 Å². The number of carboxylic acids is 1. The Hall–Kier alpha value is -1.68. The quantitative estimate of drug-likeness (QED) is 0.767. The van der Waals surface area contributed by atoms with E-state index in [-0.39, 0.29) is 4.90 Å². The molecule has 0 amide bonds. The van der Waals surface area contributed by atoms with Crippen LogP contribution in [0.25, 0.3) is 0 Å². The number of aromatic nitrogens is 1. The van der Waals surface area contributed by atoms with E-state index in [4.69, 9.17) is 15.0 Å². The molecule has 6 nitrogen and oxygen atoms in total. The van der Waals surface area contributed by atoms with Crippen LogP contribution in [0.15, 0.2) is 29.4 Å². The number of rotatable bonds is 1. The average molecular weight is 272 g/mol. The van der Waals surface area contributed by atoms with Gasteiger partial charge in [-0.05, 0) is 12.1 Å². The fourth-order valence-corrected chi connectivity index (χ4v) is 0.991. The van der Waals surface area contributed by atoms with Gasteiger partial charge in [-0.3, -0.25) is 4.98 Å². The molecule has 0 bridgehead atoms. The molecule has 17 heavy (non-hydrogen) atoms. The van der Waals surface area contributed by atoms with E-state index in [9.17, 15) is 21.6 Å². The van der Waals surface area contributed by atoms with Gasteiger partial charge in [-0.2, -0.15) is 13.2 Å². The topological polar surface area (TPSA) is 110 Å². The Morgan fingerprint density at radius 2 is 1.88 bits per heavy atom. The summed E-state index contributed by atoms with van der Waals surface area (Å²) in [6, 6.07) is 2.90. The number of primary sulfonamides is 1. The van der Waals surface area contributed by atoms with E-state index in [0.717, 1.165) is 0 Å². The van der Waals surface area contributed by atoms with Crippen molar-refractivity contribution in [2.24, 2.45) is 5.14 Å². The van der Waals surface area contributed by atoms with E-state index < -0.39 is 22.2 Å². The summed E-state index contributed by atoms with van der Waals surface area (Å²) in [6.45, 7) is 0. The van der Waals surface area contributed by atoms with Crippen LogP contribution >= 0.6 is 0 Å². The Kier molecular flexibility index (Phi) is 5.04. The van der Waals surface area contributed by atoms with Gasteiger partial charge in [0.1, 0.15) is 4.90 Å². The maximum absolute atomic E-state index is 10.6. The summed E-state index contributed by atoms with van der Waals surface area (Å²) >= 11 is 0. The van der Waals surface area contributed by atoms with Crippen LogP contribution in [0.4, 0.5) is 13.2 Å². The van der Waals surface area contributed by atoms with Gasteiger partial charge in [0.25, 0.3) is 0 Å². The van der Waals surface area contributed by atoms with E-state index in [1.807, 2.05) is 0 Å². The van der Waals surface area contributed by atoms with E-state index >= 15 is 0 Å². The van der Waals surface area contributed by atoms with Gasteiger partial charge in [-0.15, -0.1) is 0 Å². The Bertz CT molecular complexity index is 472. The lowest BCUT2D eigenvalue weighted by Crippen LogP contribution is -2.21. The Labute approximate surface area is 93.9 Å². The SMILES string of the molecule is NS(=O)(=O)c1cccnc1.O=C(O)C(F)(F)F. The standard InChI is InChI=1S/C5H6N2O2S.C2HF3O2/c6-10(8,9)5-2-1-3-7-4-5;3-2(4,5)1(6)7/h1-4H,(H2,6,8,9);(H,6,7). The number of carboxylic acid groups (broad SMARTS) is 1. The summed E-state index contributed by atoms with van der Waals surface area (Å²) < 4.78 is 52.9. The highest BCUT2D eigenvalue weighted by atomic mass is 32.2. The lowest BCUT2D eigenvalue weighted by atomic mass is 10.5. The maximum atomic E-state index is 10.6. The first-order valence-electron chi connectivity index (χ1n) is 3.78. The van der Waals surface area contributed by atoms with Crippen molar-refractivity contribution >= 4 is 16.0 Å². The zero-order chi connectivity index (χ0) is 13.7. The molecule has 0 aliphatic heterocycles. The summed E-state index contributed by atoms with van der Waals surface area (Å²) in [5.74, 6) is -2.76. The number of aliphatic carboxylic acids is 1. The second kappa shape index (κ2) is 5.59. The van der Waals surface area contributed by atoms with Gasteiger partial charge in [0.2, 0.25) is 10.0 Å². The van der Waals surface area contributed by atoms with Crippen LogP contribution in [0, 0.1) is 0 Å². The van der Waals surface area contributed by atoms with Crippen molar-refractivity contribution in [2.45, 2.75) is 11.1 Å². The molecule has 0 unspecified atom stereocenters. The van der Waals surface area contributed by atoms with Crippen LogP contribution in [0.3, 0.4) is 0 Å². The number of alkyl halides is 3. The average Bonchev–Trinajstić information content (AvgIpc) is 2.17. The first kappa shape index (κ1) is 15.3. The second-order valence-electron chi connectivity index (χ2n) is 2.54. The van der Waals surface area contributed by atoms with Gasteiger partial charge in [-0.25, -0.2) is 18.4 Å². The molecule has 0 fully saturated rings. The third kappa shape index (κ3) is 6.48. The van der Waals surface area contributed by atoms with E-state index in [2.05, 4.69) is 4.98 Å². The Morgan fingerprint density at radius 1 is 1.41 bits per heavy atom. The number of hydrogen-bond donors (Lipinski definition) is 2. The maximum Gasteiger partial charge on any atom is 0.490 e. The molecular formula is C7H7F3N2O4S. The lowest BCUT2D eigenvalue weighted by molar-refractivity contribution is -0.192. The zero-order valence-corrected chi connectivity index (χ0v) is 8.86. The van der Waals surface area contributed by atoms with Crippen molar-refractivity contribution < 1.29 is 31.5 Å². The molecule has 0 aliphatic carbocycles. The number of hydrogen-bond acceptors (Lipinski definition) is 4. The molecule has 0 saturated carbocycles. The van der Waals surface area contributed by atoms with Crippen molar-refractivity contribution in [3.05, 3.63) is 24.5 Å². The van der Waals surface area contributed by atoms with Crippen LogP contribution < -0.4 is 5.14 Å². The fourth-order valence-electron chi connectivity index (χ4n) is 0.515. The molecule has 10 heteroatoms. The zero-order valence-electron chi connectivity index (χ0n) is 8.05. The summed E-state index contributed by atoms with van der Waals surface area (Å²) in [5.41, 5.74) is 0. The highest BCUT2D eigenvalue weighted by Crippen LogP contribution is 2.13. The Morgan fingerprint density at radius 3 is 2.06 bits per heavy atom. The number of sulfonamides is 1. The van der Waals surface area contributed by atoms with Gasteiger partial charge in [0.15, 0.2) is 0 Å². The number of pyridine rings is 1. The predicted molar refractivity (Wildman–Crippen MR) is 49.3 cm³/mol. The van der Waals surface area contributed by atoms with Crippen molar-refractivity contribution in [3.63, 3.8) is 0 Å². The van der Waals surface area contributed by atoms with E-state index in [1.54, 1.807) is 0 Å². The number of carbonyl (C=O) groups is 1. The monoisotopic (exact) mass is 272 g/mol. The molecule has 0 aromatic carbocycles. The van der Waals surface area contributed by atoms with Crippen molar-refractivity contribution in [2.75, 3.05) is 0 Å². The minimum absolute atomic E-state index is 0.0370. The van der Waals surface area contributed by atoms with E-state index in [0.29, 0.717) is 0 Å². The first-order valence-corrected chi connectivity index (χ1v) is 5.32. The van der Waals surface area contributed by atoms with Crippen molar-refractivity contribution in [1.82, 2.24) is 4.98 Å². The van der Waals surface area contributed by atoms with Crippen LogP contribution in [0.2, 0.25) is 0 Å². The highest BCUT2D eigenvalue weighted by molar-refractivity contribution is 7.89. The summed E-state index contributed by atoms with van der Waals surface area (Å²) in [6.07, 6.45) is -2.40. The highest BCUT2D eigenvalue weighted by Gasteiger charge is 2.38. The number of nitrogens with two attached hydrogens (primary N) is 1.